The average molecular weight is 328 g/mol. The highest BCUT2D eigenvalue weighted by atomic mass is 32.2. The van der Waals surface area contributed by atoms with Crippen molar-refractivity contribution in [2.75, 3.05) is 26.2 Å². The summed E-state index contributed by atoms with van der Waals surface area (Å²) >= 11 is 0. The number of esters is 1. The van der Waals surface area contributed by atoms with Crippen molar-refractivity contribution in [2.24, 2.45) is 5.14 Å². The standard InChI is InChI=1S/C15H24N2O4S/c1-3-9-17(10-4-2)11-12-21-15(18)13-5-7-14(8-6-13)22(16,19)20/h5-8H,3-4,9-12H2,1-2H3,(H2,16,19,20). The number of primary sulfonamides is 1. The van der Waals surface area contributed by atoms with Crippen molar-refractivity contribution >= 4 is 16.0 Å². The van der Waals surface area contributed by atoms with Crippen molar-refractivity contribution in [1.29, 1.82) is 0 Å². The number of hydrogen-bond donors (Lipinski definition) is 1. The van der Waals surface area contributed by atoms with Crippen molar-refractivity contribution in [1.82, 2.24) is 4.90 Å². The van der Waals surface area contributed by atoms with Gasteiger partial charge in [0.25, 0.3) is 0 Å². The third-order valence-electron chi connectivity index (χ3n) is 3.14. The fourth-order valence-corrected chi connectivity index (χ4v) is 2.61. The maximum Gasteiger partial charge on any atom is 0.338 e. The molecule has 0 aliphatic rings. The van der Waals surface area contributed by atoms with Crippen LogP contribution in [-0.4, -0.2) is 45.5 Å². The van der Waals surface area contributed by atoms with Crippen LogP contribution in [0, 0.1) is 0 Å². The van der Waals surface area contributed by atoms with Gasteiger partial charge in [0.05, 0.1) is 10.5 Å². The fraction of sp³-hybridized carbons (Fsp3) is 0.533. The van der Waals surface area contributed by atoms with Crippen molar-refractivity contribution in [3.63, 3.8) is 0 Å². The summed E-state index contributed by atoms with van der Waals surface area (Å²) in [5, 5.41) is 5.00. The predicted octanol–water partition coefficient (Wildman–Crippen LogP) is 1.61. The summed E-state index contributed by atoms with van der Waals surface area (Å²) in [7, 11) is -3.74. The molecule has 0 saturated heterocycles. The number of nitrogens with zero attached hydrogens (tertiary/aromatic N) is 1. The van der Waals surface area contributed by atoms with E-state index in [0.717, 1.165) is 25.9 Å². The van der Waals surface area contributed by atoms with Gasteiger partial charge >= 0.3 is 5.97 Å². The van der Waals surface area contributed by atoms with Crippen LogP contribution in [0.5, 0.6) is 0 Å². The number of carbonyl (C=O) groups is 1. The molecule has 0 heterocycles. The molecule has 22 heavy (non-hydrogen) atoms. The van der Waals surface area contributed by atoms with E-state index in [0.29, 0.717) is 18.7 Å². The molecule has 7 heteroatoms. The van der Waals surface area contributed by atoms with Crippen LogP contribution in [0.25, 0.3) is 0 Å². The number of hydrogen-bond acceptors (Lipinski definition) is 5. The second-order valence-corrected chi connectivity index (χ2v) is 6.61. The Hall–Kier alpha value is -1.44. The zero-order chi connectivity index (χ0) is 16.6. The Balaban J connectivity index is 2.51. The van der Waals surface area contributed by atoms with E-state index in [4.69, 9.17) is 9.88 Å². The van der Waals surface area contributed by atoms with E-state index in [2.05, 4.69) is 18.7 Å². The molecule has 0 radical (unpaired) electrons. The minimum Gasteiger partial charge on any atom is -0.461 e. The third kappa shape index (κ3) is 6.13. The van der Waals surface area contributed by atoms with E-state index in [1.165, 1.54) is 24.3 Å². The lowest BCUT2D eigenvalue weighted by molar-refractivity contribution is 0.0461. The maximum atomic E-state index is 11.9. The monoisotopic (exact) mass is 328 g/mol. The molecule has 0 aliphatic heterocycles. The first-order valence-corrected chi connectivity index (χ1v) is 8.95. The number of rotatable bonds is 9. The third-order valence-corrected chi connectivity index (χ3v) is 4.07. The van der Waals surface area contributed by atoms with E-state index in [9.17, 15) is 13.2 Å². The molecule has 0 aliphatic carbocycles. The van der Waals surface area contributed by atoms with Crippen molar-refractivity contribution < 1.29 is 17.9 Å². The van der Waals surface area contributed by atoms with Crippen LogP contribution in [0.1, 0.15) is 37.0 Å². The molecule has 1 aromatic carbocycles. The van der Waals surface area contributed by atoms with Gasteiger partial charge in [-0.1, -0.05) is 13.8 Å². The molecule has 124 valence electrons. The highest BCUT2D eigenvalue weighted by Gasteiger charge is 2.11. The lowest BCUT2D eigenvalue weighted by atomic mass is 10.2. The maximum absolute atomic E-state index is 11.9. The van der Waals surface area contributed by atoms with Gasteiger partial charge in [0.15, 0.2) is 0 Å². The van der Waals surface area contributed by atoms with Crippen molar-refractivity contribution in [3.05, 3.63) is 29.8 Å². The summed E-state index contributed by atoms with van der Waals surface area (Å²) in [4.78, 5) is 14.1. The Morgan fingerprint density at radius 2 is 1.64 bits per heavy atom. The lowest BCUT2D eigenvalue weighted by Gasteiger charge is -2.20. The predicted molar refractivity (Wildman–Crippen MR) is 85.1 cm³/mol. The van der Waals surface area contributed by atoms with Gasteiger partial charge in [-0.3, -0.25) is 4.90 Å². The zero-order valence-electron chi connectivity index (χ0n) is 13.1. The van der Waals surface area contributed by atoms with Crippen molar-refractivity contribution in [2.45, 2.75) is 31.6 Å². The lowest BCUT2D eigenvalue weighted by Crippen LogP contribution is -2.30. The first-order valence-electron chi connectivity index (χ1n) is 7.40. The molecule has 0 spiro atoms. The first kappa shape index (κ1) is 18.6. The molecule has 0 saturated carbocycles. The van der Waals surface area contributed by atoms with Crippen LogP contribution in [0.4, 0.5) is 0 Å². The van der Waals surface area contributed by atoms with E-state index >= 15 is 0 Å². The molecule has 0 fully saturated rings. The SMILES string of the molecule is CCCN(CCC)CCOC(=O)c1ccc(S(N)(=O)=O)cc1. The van der Waals surface area contributed by atoms with Crippen LogP contribution in [0.3, 0.4) is 0 Å². The molecule has 0 bridgehead atoms. The molecule has 0 unspecified atom stereocenters. The van der Waals surface area contributed by atoms with E-state index in [-0.39, 0.29) is 4.90 Å². The number of carbonyl (C=O) groups excluding carboxylic acids is 1. The summed E-state index contributed by atoms with van der Waals surface area (Å²) in [5.74, 6) is -0.464. The smallest absolute Gasteiger partial charge is 0.338 e. The second-order valence-electron chi connectivity index (χ2n) is 5.05. The Morgan fingerprint density at radius 1 is 1.09 bits per heavy atom. The number of ether oxygens (including phenoxy) is 1. The van der Waals surface area contributed by atoms with Crippen molar-refractivity contribution in [3.8, 4) is 0 Å². The summed E-state index contributed by atoms with van der Waals surface area (Å²) < 4.78 is 27.5. The number of sulfonamides is 1. The Labute approximate surface area is 132 Å². The van der Waals surface area contributed by atoms with Gasteiger partial charge in [0, 0.05) is 6.54 Å². The molecule has 2 N–H and O–H groups in total. The van der Waals surface area contributed by atoms with Crippen LogP contribution >= 0.6 is 0 Å². The van der Waals surface area contributed by atoms with E-state index in [1.807, 2.05) is 0 Å². The zero-order valence-corrected chi connectivity index (χ0v) is 13.9. The van der Waals surface area contributed by atoms with Gasteiger partial charge < -0.3 is 4.74 Å². The average Bonchev–Trinajstić information content (AvgIpc) is 2.47. The van der Waals surface area contributed by atoms with Gasteiger partial charge in [-0.15, -0.1) is 0 Å². The van der Waals surface area contributed by atoms with Gasteiger partial charge in [-0.25, -0.2) is 18.4 Å². The second kappa shape index (κ2) is 8.87. The molecule has 1 aromatic rings. The summed E-state index contributed by atoms with van der Waals surface area (Å²) in [6, 6.07) is 5.40. The van der Waals surface area contributed by atoms with Gasteiger partial charge in [-0.2, -0.15) is 0 Å². The Morgan fingerprint density at radius 3 is 2.09 bits per heavy atom. The van der Waals surface area contributed by atoms with Crippen LogP contribution in [0.2, 0.25) is 0 Å². The topological polar surface area (TPSA) is 89.7 Å². The highest BCUT2D eigenvalue weighted by molar-refractivity contribution is 7.89. The molecule has 6 nitrogen and oxygen atoms in total. The van der Waals surface area contributed by atoms with E-state index < -0.39 is 16.0 Å². The van der Waals surface area contributed by atoms with Crippen LogP contribution < -0.4 is 5.14 Å². The Bertz CT molecular complexity index is 564. The molecular weight excluding hydrogens is 304 g/mol. The number of benzene rings is 1. The van der Waals surface area contributed by atoms with Gasteiger partial charge in [0.2, 0.25) is 10.0 Å². The fourth-order valence-electron chi connectivity index (χ4n) is 2.10. The minimum atomic E-state index is -3.74. The first-order chi connectivity index (χ1) is 10.4. The van der Waals surface area contributed by atoms with Crippen LogP contribution in [0.15, 0.2) is 29.2 Å². The molecule has 0 aromatic heterocycles. The van der Waals surface area contributed by atoms with Crippen LogP contribution in [-0.2, 0) is 14.8 Å². The molecule has 0 amide bonds. The summed E-state index contributed by atoms with van der Waals surface area (Å²) in [5.41, 5.74) is 0.310. The highest BCUT2D eigenvalue weighted by Crippen LogP contribution is 2.09. The normalized spacial score (nSPS) is 11.6. The van der Waals surface area contributed by atoms with E-state index in [1.54, 1.807) is 0 Å². The summed E-state index contributed by atoms with van der Waals surface area (Å²) in [6.07, 6.45) is 2.12. The largest absolute Gasteiger partial charge is 0.461 e. The minimum absolute atomic E-state index is 0.0267. The quantitative estimate of drug-likeness (QED) is 0.696. The van der Waals surface area contributed by atoms with Gasteiger partial charge in [-0.05, 0) is 50.2 Å². The number of nitrogens with two attached hydrogens (primary N) is 1. The molecule has 0 atom stereocenters. The molecule has 1 rings (SSSR count). The summed E-state index contributed by atoms with van der Waals surface area (Å²) in [6.45, 7) is 7.20. The van der Waals surface area contributed by atoms with Gasteiger partial charge in [0.1, 0.15) is 6.61 Å². The molecular formula is C15H24N2O4S. The Kier molecular flexibility index (Phi) is 7.50.